The maximum Gasteiger partial charge on any atom is 0.411 e. The summed E-state index contributed by atoms with van der Waals surface area (Å²) in [7, 11) is 0. The third-order valence-electron chi connectivity index (χ3n) is 2.38. The third-order valence-corrected chi connectivity index (χ3v) is 2.38. The van der Waals surface area contributed by atoms with Gasteiger partial charge in [-0.2, -0.15) is 0 Å². The monoisotopic (exact) mass is 308 g/mol. The molecule has 6 heteroatoms. The predicted octanol–water partition coefficient (Wildman–Crippen LogP) is 3.67. The smallest absolute Gasteiger partial charge is 0.411 e. The van der Waals surface area contributed by atoms with Crippen molar-refractivity contribution >= 4 is 17.9 Å². The Morgan fingerprint density at radius 2 is 1.68 bits per heavy atom. The number of rotatable bonds is 4. The van der Waals surface area contributed by atoms with Crippen LogP contribution in [-0.4, -0.2) is 23.9 Å². The van der Waals surface area contributed by atoms with Crippen molar-refractivity contribution in [2.75, 3.05) is 5.32 Å². The van der Waals surface area contributed by atoms with Gasteiger partial charge in [-0.1, -0.05) is 12.1 Å². The highest BCUT2D eigenvalue weighted by Gasteiger charge is 2.15. The summed E-state index contributed by atoms with van der Waals surface area (Å²) in [4.78, 5) is 23.0. The summed E-state index contributed by atoms with van der Waals surface area (Å²) >= 11 is 0. The molecule has 1 aromatic carbocycles. The SMILES string of the molecule is CC(C)OC(=O)Nc1ccc(CNC(=O)OC(C)(C)C)cc1. The van der Waals surface area contributed by atoms with Gasteiger partial charge in [-0.15, -0.1) is 0 Å². The number of anilines is 1. The third kappa shape index (κ3) is 7.52. The summed E-state index contributed by atoms with van der Waals surface area (Å²) < 4.78 is 10.1. The quantitative estimate of drug-likeness (QED) is 0.889. The highest BCUT2D eigenvalue weighted by Crippen LogP contribution is 2.11. The summed E-state index contributed by atoms with van der Waals surface area (Å²) in [6.45, 7) is 9.34. The molecule has 1 rings (SSSR count). The Bertz CT molecular complexity index is 504. The lowest BCUT2D eigenvalue weighted by atomic mass is 10.2. The molecule has 0 saturated heterocycles. The molecule has 6 nitrogen and oxygen atoms in total. The van der Waals surface area contributed by atoms with Gasteiger partial charge >= 0.3 is 12.2 Å². The lowest BCUT2D eigenvalue weighted by Gasteiger charge is -2.19. The lowest BCUT2D eigenvalue weighted by Crippen LogP contribution is -2.32. The average Bonchev–Trinajstić information content (AvgIpc) is 2.35. The zero-order valence-corrected chi connectivity index (χ0v) is 13.7. The van der Waals surface area contributed by atoms with Gasteiger partial charge in [-0.3, -0.25) is 5.32 Å². The molecule has 122 valence electrons. The molecule has 0 aliphatic rings. The van der Waals surface area contributed by atoms with E-state index < -0.39 is 17.8 Å². The normalized spacial score (nSPS) is 11.0. The van der Waals surface area contributed by atoms with E-state index in [4.69, 9.17) is 9.47 Å². The van der Waals surface area contributed by atoms with Gasteiger partial charge in [0.05, 0.1) is 6.10 Å². The summed E-state index contributed by atoms with van der Waals surface area (Å²) in [5.41, 5.74) is 1.01. The van der Waals surface area contributed by atoms with Gasteiger partial charge in [0, 0.05) is 12.2 Å². The number of ether oxygens (including phenoxy) is 2. The van der Waals surface area contributed by atoms with Crippen molar-refractivity contribution in [3.63, 3.8) is 0 Å². The van der Waals surface area contributed by atoms with E-state index in [1.54, 1.807) is 26.0 Å². The van der Waals surface area contributed by atoms with Crippen molar-refractivity contribution in [2.24, 2.45) is 0 Å². The number of amides is 2. The Balaban J connectivity index is 2.45. The molecule has 0 atom stereocenters. The van der Waals surface area contributed by atoms with Crippen LogP contribution in [0.4, 0.5) is 15.3 Å². The molecule has 0 aromatic heterocycles. The van der Waals surface area contributed by atoms with Crippen LogP contribution in [0, 0.1) is 0 Å². The topological polar surface area (TPSA) is 76.7 Å². The zero-order valence-electron chi connectivity index (χ0n) is 13.7. The van der Waals surface area contributed by atoms with Gasteiger partial charge in [0.1, 0.15) is 5.60 Å². The van der Waals surface area contributed by atoms with Crippen LogP contribution in [0.1, 0.15) is 40.2 Å². The van der Waals surface area contributed by atoms with Gasteiger partial charge in [-0.25, -0.2) is 9.59 Å². The second-order valence-electron chi connectivity index (χ2n) is 6.13. The zero-order chi connectivity index (χ0) is 16.8. The molecule has 0 spiro atoms. The molecule has 1 aromatic rings. The minimum atomic E-state index is -0.519. The van der Waals surface area contributed by atoms with Crippen molar-refractivity contribution in [3.05, 3.63) is 29.8 Å². The van der Waals surface area contributed by atoms with E-state index in [1.807, 2.05) is 32.9 Å². The van der Waals surface area contributed by atoms with Crippen LogP contribution in [0.2, 0.25) is 0 Å². The molecule has 0 aliphatic heterocycles. The van der Waals surface area contributed by atoms with Crippen LogP contribution in [0.5, 0.6) is 0 Å². The van der Waals surface area contributed by atoms with Crippen LogP contribution < -0.4 is 10.6 Å². The van der Waals surface area contributed by atoms with Gasteiger partial charge in [-0.05, 0) is 52.3 Å². The molecule has 2 amide bonds. The summed E-state index contributed by atoms with van der Waals surface area (Å²) in [6, 6.07) is 7.10. The van der Waals surface area contributed by atoms with E-state index in [-0.39, 0.29) is 6.10 Å². The maximum absolute atomic E-state index is 11.5. The fourth-order valence-corrected chi connectivity index (χ4v) is 1.56. The fraction of sp³-hybridized carbons (Fsp3) is 0.500. The molecule has 0 saturated carbocycles. The molecule has 22 heavy (non-hydrogen) atoms. The van der Waals surface area contributed by atoms with E-state index in [0.29, 0.717) is 12.2 Å². The Hall–Kier alpha value is -2.24. The minimum Gasteiger partial charge on any atom is -0.447 e. The van der Waals surface area contributed by atoms with Crippen molar-refractivity contribution in [3.8, 4) is 0 Å². The molecule has 2 N–H and O–H groups in total. The Morgan fingerprint density at radius 3 is 2.18 bits per heavy atom. The van der Waals surface area contributed by atoms with E-state index in [1.165, 1.54) is 0 Å². The first-order chi connectivity index (χ1) is 10.2. The van der Waals surface area contributed by atoms with E-state index in [2.05, 4.69) is 10.6 Å². The molecular formula is C16H24N2O4. The largest absolute Gasteiger partial charge is 0.447 e. The van der Waals surface area contributed by atoms with Crippen LogP contribution >= 0.6 is 0 Å². The first-order valence-corrected chi connectivity index (χ1v) is 7.19. The van der Waals surface area contributed by atoms with Crippen molar-refractivity contribution in [1.82, 2.24) is 5.32 Å². The predicted molar refractivity (Wildman–Crippen MR) is 84.8 cm³/mol. The van der Waals surface area contributed by atoms with Crippen molar-refractivity contribution in [1.29, 1.82) is 0 Å². The number of alkyl carbamates (subject to hydrolysis) is 1. The van der Waals surface area contributed by atoms with Crippen LogP contribution in [-0.2, 0) is 16.0 Å². The van der Waals surface area contributed by atoms with Crippen molar-refractivity contribution in [2.45, 2.75) is 52.9 Å². The Labute approximate surface area is 131 Å². The summed E-state index contributed by atoms with van der Waals surface area (Å²) in [5, 5.41) is 5.29. The van der Waals surface area contributed by atoms with Gasteiger partial charge in [0.15, 0.2) is 0 Å². The molecule has 0 aliphatic carbocycles. The van der Waals surface area contributed by atoms with Gasteiger partial charge < -0.3 is 14.8 Å². The first kappa shape index (κ1) is 17.8. The Morgan fingerprint density at radius 1 is 1.09 bits per heavy atom. The highest BCUT2D eigenvalue weighted by molar-refractivity contribution is 5.84. The number of benzene rings is 1. The van der Waals surface area contributed by atoms with Gasteiger partial charge in [0.25, 0.3) is 0 Å². The number of nitrogens with one attached hydrogen (secondary N) is 2. The van der Waals surface area contributed by atoms with Crippen LogP contribution in [0.15, 0.2) is 24.3 Å². The molecule has 0 heterocycles. The number of carbonyl (C=O) groups excluding carboxylic acids is 2. The maximum atomic E-state index is 11.5. The second kappa shape index (κ2) is 7.68. The molecule has 0 unspecified atom stereocenters. The molecular weight excluding hydrogens is 284 g/mol. The Kier molecular flexibility index (Phi) is 6.22. The van der Waals surface area contributed by atoms with E-state index in [0.717, 1.165) is 5.56 Å². The molecule has 0 radical (unpaired) electrons. The molecule has 0 fully saturated rings. The highest BCUT2D eigenvalue weighted by atomic mass is 16.6. The van der Waals surface area contributed by atoms with Gasteiger partial charge in [0.2, 0.25) is 0 Å². The van der Waals surface area contributed by atoms with Crippen LogP contribution in [0.3, 0.4) is 0 Å². The minimum absolute atomic E-state index is 0.169. The summed E-state index contributed by atoms with van der Waals surface area (Å²) in [5.74, 6) is 0. The second-order valence-corrected chi connectivity index (χ2v) is 6.13. The lowest BCUT2D eigenvalue weighted by molar-refractivity contribution is 0.0523. The summed E-state index contributed by atoms with van der Waals surface area (Å²) in [6.07, 6.45) is -1.12. The average molecular weight is 308 g/mol. The number of carbonyl (C=O) groups is 2. The standard InChI is InChI=1S/C16H24N2O4/c1-11(2)21-15(20)18-13-8-6-12(7-9-13)10-17-14(19)22-16(3,4)5/h6-9,11H,10H2,1-5H3,(H,17,19)(H,18,20). The number of hydrogen-bond acceptors (Lipinski definition) is 4. The van der Waals surface area contributed by atoms with Crippen molar-refractivity contribution < 1.29 is 19.1 Å². The number of hydrogen-bond donors (Lipinski definition) is 2. The first-order valence-electron chi connectivity index (χ1n) is 7.19. The van der Waals surface area contributed by atoms with Crippen LogP contribution in [0.25, 0.3) is 0 Å². The van der Waals surface area contributed by atoms with E-state index in [9.17, 15) is 9.59 Å². The molecule has 0 bridgehead atoms. The fourth-order valence-electron chi connectivity index (χ4n) is 1.56. The van der Waals surface area contributed by atoms with E-state index >= 15 is 0 Å².